The van der Waals surface area contributed by atoms with E-state index in [0.29, 0.717) is 32.6 Å². The van der Waals surface area contributed by atoms with Crippen LogP contribution in [0.5, 0.6) is 0 Å². The smallest absolute Gasteiger partial charge is 0.254 e. The Balaban J connectivity index is 1.38. The van der Waals surface area contributed by atoms with Crippen LogP contribution in [-0.4, -0.2) is 44.2 Å². The van der Waals surface area contributed by atoms with Gasteiger partial charge in [-0.3, -0.25) is 4.79 Å². The topological polar surface area (TPSA) is 50.4 Å². The molecular formula is C13H18F2N2O2. The third-order valence-electron chi connectivity index (χ3n) is 5.56. The first kappa shape index (κ1) is 12.0. The molecule has 2 N–H and O–H groups in total. The summed E-state index contributed by atoms with van der Waals surface area (Å²) < 4.78 is 31.7. The minimum Gasteiger partial charge on any atom is -0.380 e. The Morgan fingerprint density at radius 3 is 2.79 bits per heavy atom. The van der Waals surface area contributed by atoms with E-state index in [1.54, 1.807) is 0 Å². The summed E-state index contributed by atoms with van der Waals surface area (Å²) in [6.45, 7) is 2.51. The summed E-state index contributed by atoms with van der Waals surface area (Å²) in [6.07, 6.45) is 0.867. The lowest BCUT2D eigenvalue weighted by Gasteiger charge is -2.38. The second kappa shape index (κ2) is 3.47. The number of amides is 1. The normalized spacial score (nSPS) is 49.8. The molecule has 4 rings (SSSR count). The van der Waals surface area contributed by atoms with E-state index in [4.69, 9.17) is 4.74 Å². The fourth-order valence-electron chi connectivity index (χ4n) is 4.05. The van der Waals surface area contributed by atoms with Crippen LogP contribution in [0, 0.1) is 16.7 Å². The van der Waals surface area contributed by atoms with E-state index in [-0.39, 0.29) is 24.3 Å². The van der Waals surface area contributed by atoms with E-state index in [1.807, 2.05) is 0 Å². The Bertz CT molecular complexity index is 424. The van der Waals surface area contributed by atoms with E-state index >= 15 is 0 Å². The predicted molar refractivity (Wildman–Crippen MR) is 62.8 cm³/mol. The van der Waals surface area contributed by atoms with Crippen molar-refractivity contribution in [1.29, 1.82) is 0 Å². The molecule has 1 amide bonds. The first-order valence-corrected chi connectivity index (χ1v) is 6.95. The number of fused-ring (bicyclic) bond motifs is 1. The van der Waals surface area contributed by atoms with Crippen LogP contribution >= 0.6 is 0 Å². The third kappa shape index (κ3) is 1.47. The van der Waals surface area contributed by atoms with Gasteiger partial charge in [-0.1, -0.05) is 0 Å². The first-order chi connectivity index (χ1) is 8.98. The van der Waals surface area contributed by atoms with Gasteiger partial charge in [-0.25, -0.2) is 8.78 Å². The number of nitrogens with one attached hydrogen (secondary N) is 2. The van der Waals surface area contributed by atoms with E-state index < -0.39 is 16.8 Å². The van der Waals surface area contributed by atoms with Gasteiger partial charge in [-0.2, -0.15) is 0 Å². The van der Waals surface area contributed by atoms with Gasteiger partial charge in [0.05, 0.1) is 18.6 Å². The van der Waals surface area contributed by atoms with Gasteiger partial charge in [0.15, 0.2) is 0 Å². The fourth-order valence-corrected chi connectivity index (χ4v) is 4.05. The Kier molecular flexibility index (Phi) is 2.19. The van der Waals surface area contributed by atoms with Crippen molar-refractivity contribution in [2.24, 2.45) is 16.7 Å². The minimum atomic E-state index is -2.49. The van der Waals surface area contributed by atoms with Crippen molar-refractivity contribution in [3.05, 3.63) is 0 Å². The van der Waals surface area contributed by atoms with Gasteiger partial charge in [0, 0.05) is 36.9 Å². The molecule has 2 saturated carbocycles. The number of rotatable bonds is 2. The summed E-state index contributed by atoms with van der Waals surface area (Å²) in [4.78, 5) is 12.4. The van der Waals surface area contributed by atoms with Crippen LogP contribution < -0.4 is 10.6 Å². The maximum atomic E-state index is 13.1. The van der Waals surface area contributed by atoms with E-state index in [2.05, 4.69) is 10.6 Å². The van der Waals surface area contributed by atoms with Crippen LogP contribution in [-0.2, 0) is 9.53 Å². The molecule has 1 spiro atoms. The molecule has 2 aliphatic carbocycles. The van der Waals surface area contributed by atoms with Crippen molar-refractivity contribution in [1.82, 2.24) is 10.6 Å². The van der Waals surface area contributed by atoms with Crippen molar-refractivity contribution in [2.45, 2.75) is 31.2 Å². The molecule has 0 aromatic heterocycles. The van der Waals surface area contributed by atoms with Crippen molar-refractivity contribution >= 4 is 5.91 Å². The summed E-state index contributed by atoms with van der Waals surface area (Å²) in [7, 11) is 0. The highest BCUT2D eigenvalue weighted by molar-refractivity contribution is 5.84. The molecule has 19 heavy (non-hydrogen) atoms. The predicted octanol–water partition coefficient (Wildman–Crippen LogP) is 0.526. The van der Waals surface area contributed by atoms with Gasteiger partial charge in [0.1, 0.15) is 0 Å². The van der Waals surface area contributed by atoms with Gasteiger partial charge in [0.25, 0.3) is 5.92 Å². The molecule has 2 saturated heterocycles. The third-order valence-corrected chi connectivity index (χ3v) is 5.56. The average molecular weight is 272 g/mol. The highest BCUT2D eigenvalue weighted by Gasteiger charge is 2.75. The molecule has 4 nitrogen and oxygen atoms in total. The number of halogens is 2. The largest absolute Gasteiger partial charge is 0.380 e. The zero-order valence-electron chi connectivity index (χ0n) is 10.7. The molecule has 0 bridgehead atoms. The summed E-state index contributed by atoms with van der Waals surface area (Å²) in [5.74, 6) is -2.27. The number of hydrogen-bond acceptors (Lipinski definition) is 3. The van der Waals surface area contributed by atoms with E-state index in [0.717, 1.165) is 6.54 Å². The Morgan fingerprint density at radius 1 is 1.37 bits per heavy atom. The number of hydrogen-bond donors (Lipinski definition) is 2. The molecule has 2 aliphatic heterocycles. The number of carbonyl (C=O) groups excluding carboxylic acids is 1. The van der Waals surface area contributed by atoms with Gasteiger partial charge in [-0.15, -0.1) is 0 Å². The Labute approximate surface area is 110 Å². The molecule has 106 valence electrons. The fraction of sp³-hybridized carbons (Fsp3) is 0.923. The molecule has 2 atom stereocenters. The van der Waals surface area contributed by atoms with Crippen molar-refractivity contribution < 1.29 is 18.3 Å². The Hall–Kier alpha value is -0.750. The molecule has 0 unspecified atom stereocenters. The summed E-state index contributed by atoms with van der Waals surface area (Å²) in [6, 6.07) is -0.0721. The van der Waals surface area contributed by atoms with Gasteiger partial charge >= 0.3 is 0 Å². The molecule has 4 fully saturated rings. The Morgan fingerprint density at radius 2 is 2.11 bits per heavy atom. The maximum Gasteiger partial charge on any atom is 0.254 e. The highest BCUT2D eigenvalue weighted by atomic mass is 19.3. The van der Waals surface area contributed by atoms with Gasteiger partial charge in [-0.05, 0) is 12.8 Å². The van der Waals surface area contributed by atoms with Crippen LogP contribution in [0.4, 0.5) is 8.78 Å². The molecular weight excluding hydrogens is 254 g/mol. The van der Waals surface area contributed by atoms with Crippen LogP contribution in [0.15, 0.2) is 0 Å². The monoisotopic (exact) mass is 272 g/mol. The maximum absolute atomic E-state index is 13.1. The quantitative estimate of drug-likeness (QED) is 0.771. The van der Waals surface area contributed by atoms with E-state index in [9.17, 15) is 13.6 Å². The van der Waals surface area contributed by atoms with Crippen molar-refractivity contribution in [3.63, 3.8) is 0 Å². The molecule has 2 heterocycles. The van der Waals surface area contributed by atoms with Crippen molar-refractivity contribution in [3.8, 4) is 0 Å². The highest BCUT2D eigenvalue weighted by Crippen LogP contribution is 2.71. The number of ether oxygens (including phenoxy) is 1. The van der Waals surface area contributed by atoms with Crippen LogP contribution in [0.1, 0.15) is 19.3 Å². The molecule has 0 aromatic carbocycles. The zero-order chi connectivity index (χ0) is 13.3. The SMILES string of the molecule is O=C(NC1CC2(C1)CC2(F)F)[C@]12CNC[C@H]1COC2. The number of alkyl halides is 2. The molecule has 0 radical (unpaired) electrons. The van der Waals surface area contributed by atoms with Gasteiger partial charge < -0.3 is 15.4 Å². The summed E-state index contributed by atoms with van der Waals surface area (Å²) in [5.41, 5.74) is -1.24. The standard InChI is InChI=1S/C13H18F2N2O2/c14-13(15)5-11(13)1-9(2-11)17-10(18)12-6-16-3-8(12)4-19-7-12/h8-9,16H,1-7H2,(H,17,18)/t8-,9?,11?,12-/m0/s1. The lowest BCUT2D eigenvalue weighted by Crippen LogP contribution is -2.54. The van der Waals surface area contributed by atoms with Gasteiger partial charge in [0.2, 0.25) is 5.91 Å². The zero-order valence-corrected chi connectivity index (χ0v) is 10.7. The second-order valence-electron chi connectivity index (χ2n) is 6.74. The van der Waals surface area contributed by atoms with E-state index in [1.165, 1.54) is 0 Å². The molecule has 4 aliphatic rings. The van der Waals surface area contributed by atoms with Crippen molar-refractivity contribution in [2.75, 3.05) is 26.3 Å². The minimum absolute atomic E-state index is 0.00477. The summed E-state index contributed by atoms with van der Waals surface area (Å²) in [5, 5.41) is 6.20. The lowest BCUT2D eigenvalue weighted by molar-refractivity contribution is -0.133. The first-order valence-electron chi connectivity index (χ1n) is 6.95. The summed E-state index contributed by atoms with van der Waals surface area (Å²) >= 11 is 0. The number of carbonyl (C=O) groups is 1. The average Bonchev–Trinajstić information content (AvgIpc) is 2.66. The molecule has 6 heteroatoms. The van der Waals surface area contributed by atoms with Crippen LogP contribution in [0.3, 0.4) is 0 Å². The van der Waals surface area contributed by atoms with Crippen LogP contribution in [0.2, 0.25) is 0 Å². The van der Waals surface area contributed by atoms with Crippen LogP contribution in [0.25, 0.3) is 0 Å². The second-order valence-corrected chi connectivity index (χ2v) is 6.74. The molecule has 0 aromatic rings. The lowest BCUT2D eigenvalue weighted by atomic mass is 9.74.